The van der Waals surface area contributed by atoms with E-state index in [1.54, 1.807) is 12.1 Å². The third-order valence-electron chi connectivity index (χ3n) is 5.78. The molecule has 0 amide bonds. The zero-order valence-corrected chi connectivity index (χ0v) is 19.2. The Balaban J connectivity index is 1.35. The first-order chi connectivity index (χ1) is 16.1. The summed E-state index contributed by atoms with van der Waals surface area (Å²) in [5.41, 5.74) is 6.95. The molecular formula is C26H31FN4O2. The van der Waals surface area contributed by atoms with Crippen LogP contribution in [0.4, 0.5) is 15.8 Å². The van der Waals surface area contributed by atoms with Gasteiger partial charge < -0.3 is 25.4 Å². The number of rotatable bonds is 9. The number of likely N-dealkylation sites (tertiary alicyclic amines) is 1. The predicted octanol–water partition coefficient (Wildman–Crippen LogP) is 4.71. The van der Waals surface area contributed by atoms with Crippen molar-refractivity contribution >= 4 is 11.4 Å². The lowest BCUT2D eigenvalue weighted by atomic mass is 10.2. The molecule has 1 fully saturated rings. The number of nitrogens with one attached hydrogen (secondary N) is 3. The van der Waals surface area contributed by atoms with Crippen molar-refractivity contribution in [3.05, 3.63) is 77.2 Å². The van der Waals surface area contributed by atoms with Crippen LogP contribution in [0.3, 0.4) is 0 Å². The van der Waals surface area contributed by atoms with E-state index in [1.165, 1.54) is 39.1 Å². The highest BCUT2D eigenvalue weighted by molar-refractivity contribution is 5.56. The Morgan fingerprint density at radius 2 is 1.82 bits per heavy atom. The molecule has 0 saturated carbocycles. The van der Waals surface area contributed by atoms with Crippen molar-refractivity contribution in [1.29, 1.82) is 0 Å². The normalized spacial score (nSPS) is 16.2. The molecular weight excluding hydrogens is 419 g/mol. The van der Waals surface area contributed by atoms with E-state index in [9.17, 15) is 4.39 Å². The lowest BCUT2D eigenvalue weighted by Crippen LogP contribution is -2.25. The molecule has 0 aliphatic carbocycles. The second kappa shape index (κ2) is 10.9. The van der Waals surface area contributed by atoms with E-state index in [2.05, 4.69) is 26.6 Å². The standard InChI is InChI=1S/C26H31FN4O2/c1-19-18-28-26(12-11-24(19)29-21-7-10-23(27)25(17-21)32-2)30-20-5-8-22(9-6-20)33-16-15-31-13-3-4-14-31/h5-11,17,28-30H,3-4,13-16,18H2,1-2H3. The van der Waals surface area contributed by atoms with E-state index in [0.717, 1.165) is 40.8 Å². The van der Waals surface area contributed by atoms with Crippen LogP contribution in [0.1, 0.15) is 19.8 Å². The van der Waals surface area contributed by atoms with Gasteiger partial charge >= 0.3 is 0 Å². The van der Waals surface area contributed by atoms with Gasteiger partial charge in [-0.15, -0.1) is 0 Å². The molecule has 2 aliphatic rings. The molecule has 2 aromatic carbocycles. The number of methoxy groups -OCH3 is 1. The van der Waals surface area contributed by atoms with Crippen LogP contribution < -0.4 is 25.4 Å². The van der Waals surface area contributed by atoms with E-state index >= 15 is 0 Å². The van der Waals surface area contributed by atoms with Gasteiger partial charge in [-0.1, -0.05) is 5.73 Å². The highest BCUT2D eigenvalue weighted by Crippen LogP contribution is 2.24. The summed E-state index contributed by atoms with van der Waals surface area (Å²) in [6, 6.07) is 12.7. The quantitative estimate of drug-likeness (QED) is 0.481. The van der Waals surface area contributed by atoms with E-state index in [1.807, 2.05) is 37.3 Å². The average Bonchev–Trinajstić information content (AvgIpc) is 3.29. The van der Waals surface area contributed by atoms with Gasteiger partial charge in [0.15, 0.2) is 11.6 Å². The average molecular weight is 451 g/mol. The molecule has 0 atom stereocenters. The smallest absolute Gasteiger partial charge is 0.165 e. The van der Waals surface area contributed by atoms with Crippen LogP contribution in [-0.4, -0.2) is 44.8 Å². The van der Waals surface area contributed by atoms with Gasteiger partial charge in [0.05, 0.1) is 7.11 Å². The van der Waals surface area contributed by atoms with E-state index in [-0.39, 0.29) is 11.6 Å². The summed E-state index contributed by atoms with van der Waals surface area (Å²) in [6.07, 6.45) is 4.47. The fraction of sp³-hybridized carbons (Fsp3) is 0.346. The Labute approximate surface area is 194 Å². The minimum atomic E-state index is -0.388. The molecule has 6 nitrogen and oxygen atoms in total. The summed E-state index contributed by atoms with van der Waals surface area (Å²) in [5.74, 6) is 1.46. The van der Waals surface area contributed by atoms with Crippen LogP contribution in [0.5, 0.6) is 11.5 Å². The number of ether oxygens (including phenoxy) is 2. The fourth-order valence-corrected chi connectivity index (χ4v) is 3.83. The molecule has 2 aliphatic heterocycles. The molecule has 4 rings (SSSR count). The van der Waals surface area contributed by atoms with Crippen molar-refractivity contribution in [2.24, 2.45) is 0 Å². The summed E-state index contributed by atoms with van der Waals surface area (Å²) in [6.45, 7) is 6.74. The van der Waals surface area contributed by atoms with Gasteiger partial charge in [-0.25, -0.2) is 4.39 Å². The van der Waals surface area contributed by atoms with Gasteiger partial charge in [0, 0.05) is 42.3 Å². The van der Waals surface area contributed by atoms with Gasteiger partial charge in [0.2, 0.25) is 0 Å². The second-order valence-corrected chi connectivity index (χ2v) is 8.23. The Kier molecular flexibility index (Phi) is 7.55. The summed E-state index contributed by atoms with van der Waals surface area (Å²) >= 11 is 0. The van der Waals surface area contributed by atoms with Crippen LogP contribution in [-0.2, 0) is 0 Å². The van der Waals surface area contributed by atoms with Crippen molar-refractivity contribution in [3.63, 3.8) is 0 Å². The van der Waals surface area contributed by atoms with Gasteiger partial charge in [-0.3, -0.25) is 4.90 Å². The number of halogens is 1. The maximum absolute atomic E-state index is 13.7. The van der Waals surface area contributed by atoms with Crippen molar-refractivity contribution in [1.82, 2.24) is 10.2 Å². The minimum Gasteiger partial charge on any atom is -0.494 e. The van der Waals surface area contributed by atoms with Gasteiger partial charge in [-0.05, 0) is 74.8 Å². The first-order valence-corrected chi connectivity index (χ1v) is 11.3. The van der Waals surface area contributed by atoms with E-state index < -0.39 is 0 Å². The summed E-state index contributed by atoms with van der Waals surface area (Å²) in [5, 5.41) is 10.0. The lowest BCUT2D eigenvalue weighted by Gasteiger charge is -2.15. The van der Waals surface area contributed by atoms with Crippen molar-refractivity contribution in [2.75, 3.05) is 50.5 Å². The van der Waals surface area contributed by atoms with E-state index in [4.69, 9.17) is 9.47 Å². The highest BCUT2D eigenvalue weighted by Gasteiger charge is 2.11. The van der Waals surface area contributed by atoms with Crippen LogP contribution >= 0.6 is 0 Å². The van der Waals surface area contributed by atoms with Crippen molar-refractivity contribution in [3.8, 4) is 11.5 Å². The molecule has 0 radical (unpaired) electrons. The monoisotopic (exact) mass is 450 g/mol. The first-order valence-electron chi connectivity index (χ1n) is 11.3. The molecule has 2 aromatic rings. The van der Waals surface area contributed by atoms with Crippen LogP contribution in [0, 0.1) is 5.82 Å². The van der Waals surface area contributed by atoms with Crippen LogP contribution in [0.15, 0.2) is 71.4 Å². The Morgan fingerprint density at radius 3 is 2.58 bits per heavy atom. The zero-order valence-electron chi connectivity index (χ0n) is 19.2. The Morgan fingerprint density at radius 1 is 1.06 bits per heavy atom. The zero-order chi connectivity index (χ0) is 23.0. The topological polar surface area (TPSA) is 57.8 Å². The van der Waals surface area contributed by atoms with Crippen molar-refractivity contribution in [2.45, 2.75) is 19.8 Å². The number of anilines is 2. The predicted molar refractivity (Wildman–Crippen MR) is 130 cm³/mol. The SMILES string of the molecule is COc1cc(NC2=C(C)CNC(Nc3ccc(OCCN4CCCC4)cc3)=C=C2)ccc1F. The Bertz CT molecular complexity index is 1050. The third kappa shape index (κ3) is 6.31. The largest absolute Gasteiger partial charge is 0.494 e. The second-order valence-electron chi connectivity index (χ2n) is 8.23. The molecule has 0 spiro atoms. The van der Waals surface area contributed by atoms with Crippen molar-refractivity contribution < 1.29 is 13.9 Å². The minimum absolute atomic E-state index is 0.204. The summed E-state index contributed by atoms with van der Waals surface area (Å²) in [4.78, 5) is 2.44. The van der Waals surface area contributed by atoms with Gasteiger partial charge in [0.25, 0.3) is 0 Å². The maximum Gasteiger partial charge on any atom is 0.165 e. The fourth-order valence-electron chi connectivity index (χ4n) is 3.83. The first kappa shape index (κ1) is 22.8. The van der Waals surface area contributed by atoms with Gasteiger partial charge in [-0.2, -0.15) is 0 Å². The van der Waals surface area contributed by atoms with E-state index in [0.29, 0.717) is 13.2 Å². The molecule has 0 aromatic heterocycles. The number of hydrogen-bond acceptors (Lipinski definition) is 6. The molecule has 0 unspecified atom stereocenters. The lowest BCUT2D eigenvalue weighted by molar-refractivity contribution is 0.238. The molecule has 2 heterocycles. The van der Waals surface area contributed by atoms with Crippen LogP contribution in [0.2, 0.25) is 0 Å². The number of benzene rings is 2. The number of nitrogens with zero attached hydrogens (tertiary/aromatic N) is 1. The van der Waals surface area contributed by atoms with Gasteiger partial charge in [0.1, 0.15) is 18.2 Å². The number of allylic oxidation sites excluding steroid dienone is 1. The molecule has 3 N–H and O–H groups in total. The molecule has 174 valence electrons. The Hall–Kier alpha value is -3.41. The third-order valence-corrected chi connectivity index (χ3v) is 5.78. The maximum atomic E-state index is 13.7. The van der Waals surface area contributed by atoms with Crippen LogP contribution in [0.25, 0.3) is 0 Å². The molecule has 33 heavy (non-hydrogen) atoms. The summed E-state index contributed by atoms with van der Waals surface area (Å²) in [7, 11) is 1.45. The molecule has 1 saturated heterocycles. The summed E-state index contributed by atoms with van der Waals surface area (Å²) < 4.78 is 24.6. The molecule has 7 heteroatoms. The number of hydrogen-bond donors (Lipinski definition) is 3. The highest BCUT2D eigenvalue weighted by atomic mass is 19.1. The molecule has 0 bridgehead atoms.